The van der Waals surface area contributed by atoms with Gasteiger partial charge in [-0.2, -0.15) is 0 Å². The van der Waals surface area contributed by atoms with E-state index in [9.17, 15) is 8.42 Å². The molecular formula is C17H31NO3SSi. The first kappa shape index (κ1) is 20.3. The smallest absolute Gasteiger partial charge is 0.195 e. The average Bonchev–Trinajstić information content (AvgIpc) is 2.45. The van der Waals surface area contributed by atoms with E-state index in [0.29, 0.717) is 6.61 Å². The third-order valence-electron chi connectivity index (χ3n) is 4.78. The fourth-order valence-electron chi connectivity index (χ4n) is 2.03. The number of hydrogen-bond donors (Lipinski definition) is 0. The van der Waals surface area contributed by atoms with Crippen LogP contribution in [0.15, 0.2) is 29.4 Å². The minimum atomic E-state index is -3.32. The van der Waals surface area contributed by atoms with Gasteiger partial charge in [0, 0.05) is 12.8 Å². The van der Waals surface area contributed by atoms with Gasteiger partial charge >= 0.3 is 0 Å². The summed E-state index contributed by atoms with van der Waals surface area (Å²) in [7, 11) is -5.09. The molecule has 1 rings (SSSR count). The zero-order valence-corrected chi connectivity index (χ0v) is 17.1. The third-order valence-corrected chi connectivity index (χ3v) is 11.1. The summed E-state index contributed by atoms with van der Waals surface area (Å²) in [4.78, 5) is 3.98. The Morgan fingerprint density at radius 3 is 2.39 bits per heavy atom. The SMILES string of the molecule is CC[C@H](CCO[Si](C)(C)C(C)(C)C)CS(=O)(=O)c1ccccn1. The Bertz CT molecular complexity index is 580. The second-order valence-electron chi connectivity index (χ2n) is 7.62. The maximum Gasteiger partial charge on any atom is 0.195 e. The van der Waals surface area contributed by atoms with Crippen LogP contribution in [-0.4, -0.2) is 34.1 Å². The van der Waals surface area contributed by atoms with Crippen molar-refractivity contribution in [3.8, 4) is 0 Å². The Labute approximate surface area is 142 Å². The van der Waals surface area contributed by atoms with Gasteiger partial charge in [0.05, 0.1) is 5.75 Å². The first-order valence-electron chi connectivity index (χ1n) is 8.27. The van der Waals surface area contributed by atoms with E-state index in [1.165, 1.54) is 6.20 Å². The molecule has 132 valence electrons. The lowest BCUT2D eigenvalue weighted by atomic mass is 10.1. The molecule has 0 radical (unpaired) electrons. The highest BCUT2D eigenvalue weighted by atomic mass is 32.2. The van der Waals surface area contributed by atoms with Crippen molar-refractivity contribution in [1.82, 2.24) is 4.98 Å². The summed E-state index contributed by atoms with van der Waals surface area (Å²) in [6.07, 6.45) is 3.12. The normalized spacial score (nSPS) is 14.7. The zero-order valence-electron chi connectivity index (χ0n) is 15.3. The summed E-state index contributed by atoms with van der Waals surface area (Å²) in [5.41, 5.74) is 0. The van der Waals surface area contributed by atoms with Gasteiger partial charge in [0.2, 0.25) is 0 Å². The summed E-state index contributed by atoms with van der Waals surface area (Å²) in [5, 5.41) is 0.345. The van der Waals surface area contributed by atoms with Gasteiger partial charge in [0.25, 0.3) is 0 Å². The van der Waals surface area contributed by atoms with Crippen molar-refractivity contribution >= 4 is 18.2 Å². The fraction of sp³-hybridized carbons (Fsp3) is 0.706. The maximum atomic E-state index is 12.4. The van der Waals surface area contributed by atoms with Crippen molar-refractivity contribution in [2.45, 2.75) is 63.7 Å². The van der Waals surface area contributed by atoms with E-state index in [2.05, 4.69) is 38.8 Å². The van der Waals surface area contributed by atoms with Crippen LogP contribution in [0.25, 0.3) is 0 Å². The highest BCUT2D eigenvalue weighted by Gasteiger charge is 2.37. The topological polar surface area (TPSA) is 56.3 Å². The predicted octanol–water partition coefficient (Wildman–Crippen LogP) is 4.29. The van der Waals surface area contributed by atoms with Gasteiger partial charge in [-0.3, -0.25) is 0 Å². The minimum absolute atomic E-state index is 0.103. The lowest BCUT2D eigenvalue weighted by Gasteiger charge is -2.36. The quantitative estimate of drug-likeness (QED) is 0.651. The summed E-state index contributed by atoms with van der Waals surface area (Å²) in [6, 6.07) is 5.00. The molecule has 1 atom stereocenters. The third kappa shape index (κ3) is 6.01. The minimum Gasteiger partial charge on any atom is -0.417 e. The van der Waals surface area contributed by atoms with Gasteiger partial charge in [0.15, 0.2) is 23.2 Å². The lowest BCUT2D eigenvalue weighted by Crippen LogP contribution is -2.41. The molecule has 0 fully saturated rings. The highest BCUT2D eigenvalue weighted by Crippen LogP contribution is 2.36. The monoisotopic (exact) mass is 357 g/mol. The molecule has 0 aliphatic rings. The Balaban J connectivity index is 2.62. The highest BCUT2D eigenvalue weighted by molar-refractivity contribution is 7.91. The van der Waals surface area contributed by atoms with Crippen LogP contribution in [0.5, 0.6) is 0 Å². The van der Waals surface area contributed by atoms with E-state index in [-0.39, 0.29) is 21.7 Å². The van der Waals surface area contributed by atoms with Crippen LogP contribution in [-0.2, 0) is 14.3 Å². The van der Waals surface area contributed by atoms with Crippen LogP contribution in [0.2, 0.25) is 18.1 Å². The van der Waals surface area contributed by atoms with Crippen LogP contribution in [0, 0.1) is 5.92 Å². The lowest BCUT2D eigenvalue weighted by molar-refractivity contribution is 0.259. The van der Waals surface area contributed by atoms with Gasteiger partial charge < -0.3 is 4.43 Å². The van der Waals surface area contributed by atoms with Gasteiger partial charge in [-0.25, -0.2) is 13.4 Å². The van der Waals surface area contributed by atoms with Gasteiger partial charge in [-0.1, -0.05) is 40.2 Å². The predicted molar refractivity (Wildman–Crippen MR) is 97.8 cm³/mol. The second-order valence-corrected chi connectivity index (χ2v) is 14.4. The van der Waals surface area contributed by atoms with E-state index in [0.717, 1.165) is 12.8 Å². The first-order valence-corrected chi connectivity index (χ1v) is 12.8. The molecule has 0 bridgehead atoms. The number of pyridine rings is 1. The van der Waals surface area contributed by atoms with Crippen LogP contribution < -0.4 is 0 Å². The largest absolute Gasteiger partial charge is 0.417 e. The molecule has 1 aromatic rings. The number of sulfone groups is 1. The van der Waals surface area contributed by atoms with Crippen molar-refractivity contribution in [3.63, 3.8) is 0 Å². The van der Waals surface area contributed by atoms with Crippen molar-refractivity contribution in [2.75, 3.05) is 12.4 Å². The summed E-state index contributed by atoms with van der Waals surface area (Å²) in [6.45, 7) is 13.7. The molecule has 0 unspecified atom stereocenters. The summed E-state index contributed by atoms with van der Waals surface area (Å²) >= 11 is 0. The molecule has 0 saturated heterocycles. The molecule has 0 spiro atoms. The van der Waals surface area contributed by atoms with Crippen LogP contribution in [0.3, 0.4) is 0 Å². The molecular weight excluding hydrogens is 326 g/mol. The Morgan fingerprint density at radius 1 is 1.26 bits per heavy atom. The Morgan fingerprint density at radius 2 is 1.91 bits per heavy atom. The number of hydrogen-bond acceptors (Lipinski definition) is 4. The summed E-state index contributed by atoms with van der Waals surface area (Å²) < 4.78 is 31.0. The number of aromatic nitrogens is 1. The molecule has 6 heteroatoms. The number of nitrogens with zero attached hydrogens (tertiary/aromatic N) is 1. The molecule has 0 N–H and O–H groups in total. The van der Waals surface area contributed by atoms with Crippen molar-refractivity contribution in [3.05, 3.63) is 24.4 Å². The zero-order chi connectivity index (χ0) is 17.7. The van der Waals surface area contributed by atoms with E-state index in [1.54, 1.807) is 18.2 Å². The van der Waals surface area contributed by atoms with E-state index in [4.69, 9.17) is 4.43 Å². The molecule has 0 aromatic carbocycles. The second kappa shape index (κ2) is 7.90. The first-order chi connectivity index (χ1) is 10.5. The Hall–Kier alpha value is -0.723. The van der Waals surface area contributed by atoms with Crippen LogP contribution >= 0.6 is 0 Å². The molecule has 1 heterocycles. The Kier molecular flexibility index (Phi) is 6.98. The van der Waals surface area contributed by atoms with Gasteiger partial charge in [-0.15, -0.1) is 0 Å². The van der Waals surface area contributed by atoms with E-state index < -0.39 is 18.2 Å². The van der Waals surface area contributed by atoms with Gasteiger partial charge in [0.1, 0.15) is 0 Å². The molecule has 4 nitrogen and oxygen atoms in total. The molecule has 0 amide bonds. The summed E-state index contributed by atoms with van der Waals surface area (Å²) in [5.74, 6) is 0.244. The van der Waals surface area contributed by atoms with Crippen LogP contribution in [0.4, 0.5) is 0 Å². The molecule has 1 aromatic heterocycles. The van der Waals surface area contributed by atoms with Crippen LogP contribution in [0.1, 0.15) is 40.5 Å². The van der Waals surface area contributed by atoms with Crippen molar-refractivity contribution in [1.29, 1.82) is 0 Å². The molecule has 0 saturated carbocycles. The van der Waals surface area contributed by atoms with E-state index in [1.807, 2.05) is 6.92 Å². The fourth-order valence-corrected chi connectivity index (χ4v) is 4.79. The average molecular weight is 358 g/mol. The molecule has 23 heavy (non-hydrogen) atoms. The molecule has 0 aliphatic carbocycles. The van der Waals surface area contributed by atoms with Gasteiger partial charge in [-0.05, 0) is 42.6 Å². The maximum absolute atomic E-state index is 12.4. The molecule has 0 aliphatic heterocycles. The standard InChI is InChI=1S/C17H31NO3SSi/c1-7-15(11-13-21-23(5,6)17(2,3)4)14-22(19,20)16-10-8-9-12-18-16/h8-10,12,15H,7,11,13-14H2,1-6H3/t15-/m1/s1. The van der Waals surface area contributed by atoms with Crippen molar-refractivity contribution < 1.29 is 12.8 Å². The van der Waals surface area contributed by atoms with E-state index >= 15 is 0 Å². The van der Waals surface area contributed by atoms with Crippen molar-refractivity contribution in [2.24, 2.45) is 5.92 Å². The number of rotatable bonds is 8.